The maximum atomic E-state index is 13.5. The highest BCUT2D eigenvalue weighted by atomic mass is 19.1. The standard InChI is InChI=1S/C22H24FN3O4/c1-3-30-20(27)13-15-4-6-16(7-5-15)24-22(29)25-19-10-11-26(21(19)28)17-8-9-18(23)14(2)12-17/h4-9,12,19H,3,10-11,13H2,1-2H3,(H2,24,25,29). The van der Waals surface area contributed by atoms with Crippen LogP contribution in [0.25, 0.3) is 0 Å². The van der Waals surface area contributed by atoms with Crippen LogP contribution in [0.1, 0.15) is 24.5 Å². The summed E-state index contributed by atoms with van der Waals surface area (Å²) in [6.45, 7) is 4.16. The zero-order valence-corrected chi connectivity index (χ0v) is 16.9. The van der Waals surface area contributed by atoms with Gasteiger partial charge in [-0.05, 0) is 61.7 Å². The third kappa shape index (κ3) is 5.14. The van der Waals surface area contributed by atoms with Crippen molar-refractivity contribution in [1.82, 2.24) is 5.32 Å². The van der Waals surface area contributed by atoms with E-state index in [2.05, 4.69) is 10.6 Å². The first-order valence-electron chi connectivity index (χ1n) is 9.77. The lowest BCUT2D eigenvalue weighted by Gasteiger charge is -2.18. The number of esters is 1. The normalized spacial score (nSPS) is 15.8. The topological polar surface area (TPSA) is 87.7 Å². The Morgan fingerprint density at radius 3 is 2.60 bits per heavy atom. The fourth-order valence-electron chi connectivity index (χ4n) is 3.28. The van der Waals surface area contributed by atoms with E-state index in [1.807, 2.05) is 0 Å². The van der Waals surface area contributed by atoms with Gasteiger partial charge in [-0.3, -0.25) is 9.59 Å². The molecule has 2 aromatic carbocycles. The summed E-state index contributed by atoms with van der Waals surface area (Å²) in [4.78, 5) is 38.0. The fourth-order valence-corrected chi connectivity index (χ4v) is 3.28. The Labute approximate surface area is 174 Å². The van der Waals surface area contributed by atoms with Gasteiger partial charge in [0.15, 0.2) is 0 Å². The van der Waals surface area contributed by atoms with Gasteiger partial charge >= 0.3 is 12.0 Å². The molecule has 0 bridgehead atoms. The number of nitrogens with zero attached hydrogens (tertiary/aromatic N) is 1. The number of nitrogens with one attached hydrogen (secondary N) is 2. The Hall–Kier alpha value is -3.42. The van der Waals surface area contributed by atoms with Gasteiger partial charge in [0.25, 0.3) is 0 Å². The summed E-state index contributed by atoms with van der Waals surface area (Å²) < 4.78 is 18.4. The molecular weight excluding hydrogens is 389 g/mol. The minimum Gasteiger partial charge on any atom is -0.466 e. The van der Waals surface area contributed by atoms with Crippen LogP contribution < -0.4 is 15.5 Å². The maximum absolute atomic E-state index is 13.5. The van der Waals surface area contributed by atoms with Crippen molar-refractivity contribution in [3.05, 3.63) is 59.4 Å². The molecule has 1 heterocycles. The van der Waals surface area contributed by atoms with Crippen molar-refractivity contribution in [2.24, 2.45) is 0 Å². The molecule has 158 valence electrons. The van der Waals surface area contributed by atoms with Crippen molar-refractivity contribution < 1.29 is 23.5 Å². The van der Waals surface area contributed by atoms with Crippen LogP contribution in [0, 0.1) is 12.7 Å². The molecule has 0 saturated carbocycles. The number of carbonyl (C=O) groups excluding carboxylic acids is 3. The van der Waals surface area contributed by atoms with Crippen molar-refractivity contribution in [2.45, 2.75) is 32.7 Å². The molecule has 1 unspecified atom stereocenters. The van der Waals surface area contributed by atoms with Crippen molar-refractivity contribution in [3.63, 3.8) is 0 Å². The first-order valence-corrected chi connectivity index (χ1v) is 9.77. The summed E-state index contributed by atoms with van der Waals surface area (Å²) in [6, 6.07) is 10.2. The lowest BCUT2D eigenvalue weighted by Crippen LogP contribution is -2.43. The highest BCUT2D eigenvalue weighted by Crippen LogP contribution is 2.24. The number of anilines is 2. The van der Waals surface area contributed by atoms with Gasteiger partial charge in [0.2, 0.25) is 5.91 Å². The summed E-state index contributed by atoms with van der Waals surface area (Å²) in [6.07, 6.45) is 0.622. The molecule has 8 heteroatoms. The molecule has 1 aliphatic heterocycles. The molecule has 30 heavy (non-hydrogen) atoms. The Bertz CT molecular complexity index is 946. The Balaban J connectivity index is 1.54. The van der Waals surface area contributed by atoms with Crippen LogP contribution in [0.4, 0.5) is 20.6 Å². The molecule has 0 radical (unpaired) electrons. The van der Waals surface area contributed by atoms with E-state index in [0.29, 0.717) is 36.5 Å². The number of urea groups is 1. The van der Waals surface area contributed by atoms with Gasteiger partial charge in [-0.15, -0.1) is 0 Å². The van der Waals surface area contributed by atoms with E-state index < -0.39 is 12.1 Å². The quantitative estimate of drug-likeness (QED) is 0.712. The van der Waals surface area contributed by atoms with E-state index in [4.69, 9.17) is 4.74 Å². The number of carbonyl (C=O) groups is 3. The van der Waals surface area contributed by atoms with Gasteiger partial charge in [0, 0.05) is 17.9 Å². The van der Waals surface area contributed by atoms with E-state index in [1.54, 1.807) is 55.1 Å². The molecule has 1 aliphatic rings. The molecular formula is C22H24FN3O4. The molecule has 2 N–H and O–H groups in total. The number of benzene rings is 2. The van der Waals surface area contributed by atoms with Crippen molar-refractivity contribution in [1.29, 1.82) is 0 Å². The summed E-state index contributed by atoms with van der Waals surface area (Å²) >= 11 is 0. The van der Waals surface area contributed by atoms with Crippen LogP contribution in [0.3, 0.4) is 0 Å². The lowest BCUT2D eigenvalue weighted by atomic mass is 10.1. The van der Waals surface area contributed by atoms with Crippen molar-refractivity contribution in [2.75, 3.05) is 23.4 Å². The van der Waals surface area contributed by atoms with Gasteiger partial charge in [-0.1, -0.05) is 12.1 Å². The number of hydrogen-bond donors (Lipinski definition) is 2. The minimum absolute atomic E-state index is 0.162. The second-order valence-electron chi connectivity index (χ2n) is 7.04. The number of hydrogen-bond acceptors (Lipinski definition) is 4. The second-order valence-corrected chi connectivity index (χ2v) is 7.04. The minimum atomic E-state index is -0.654. The van der Waals surface area contributed by atoms with Crippen molar-refractivity contribution in [3.8, 4) is 0 Å². The van der Waals surface area contributed by atoms with Crippen LogP contribution in [-0.4, -0.2) is 37.1 Å². The van der Waals surface area contributed by atoms with Crippen molar-refractivity contribution >= 4 is 29.3 Å². The zero-order chi connectivity index (χ0) is 21.7. The monoisotopic (exact) mass is 413 g/mol. The van der Waals surface area contributed by atoms with Gasteiger partial charge in [-0.2, -0.15) is 0 Å². The molecule has 0 spiro atoms. The summed E-state index contributed by atoms with van der Waals surface area (Å²) in [5, 5.41) is 5.36. The van der Waals surface area contributed by atoms with E-state index in [0.717, 1.165) is 5.56 Å². The summed E-state index contributed by atoms with van der Waals surface area (Å²) in [7, 11) is 0. The van der Waals surface area contributed by atoms with E-state index in [1.165, 1.54) is 6.07 Å². The molecule has 1 fully saturated rings. The van der Waals surface area contributed by atoms with E-state index in [9.17, 15) is 18.8 Å². The van der Waals surface area contributed by atoms with Crippen LogP contribution >= 0.6 is 0 Å². The maximum Gasteiger partial charge on any atom is 0.319 e. The fraction of sp³-hybridized carbons (Fsp3) is 0.318. The Morgan fingerprint density at radius 1 is 1.20 bits per heavy atom. The first kappa shape index (κ1) is 21.3. The Kier molecular flexibility index (Phi) is 6.66. The molecule has 2 aromatic rings. The SMILES string of the molecule is CCOC(=O)Cc1ccc(NC(=O)NC2CCN(c3ccc(F)c(C)c3)C2=O)cc1. The number of ether oxygens (including phenoxy) is 1. The van der Waals surface area contributed by atoms with Crippen LogP contribution in [0.15, 0.2) is 42.5 Å². The van der Waals surface area contributed by atoms with Gasteiger partial charge in [0.05, 0.1) is 13.0 Å². The predicted molar refractivity (Wildman–Crippen MR) is 111 cm³/mol. The third-order valence-corrected chi connectivity index (χ3v) is 4.83. The average Bonchev–Trinajstić information content (AvgIpc) is 3.06. The molecule has 1 atom stereocenters. The molecule has 0 aromatic heterocycles. The predicted octanol–water partition coefficient (Wildman–Crippen LogP) is 3.17. The number of aryl methyl sites for hydroxylation is 1. The summed E-state index contributed by atoms with van der Waals surface area (Å²) in [5.74, 6) is -0.870. The van der Waals surface area contributed by atoms with Crippen LogP contribution in [0.5, 0.6) is 0 Å². The highest BCUT2D eigenvalue weighted by molar-refractivity contribution is 6.02. The van der Waals surface area contributed by atoms with Gasteiger partial charge < -0.3 is 20.3 Å². The Morgan fingerprint density at radius 2 is 1.93 bits per heavy atom. The largest absolute Gasteiger partial charge is 0.466 e. The third-order valence-electron chi connectivity index (χ3n) is 4.83. The van der Waals surface area contributed by atoms with Gasteiger partial charge in [0.1, 0.15) is 11.9 Å². The highest BCUT2D eigenvalue weighted by Gasteiger charge is 2.33. The molecule has 3 amide bonds. The van der Waals surface area contributed by atoms with E-state index >= 15 is 0 Å². The summed E-state index contributed by atoms with van der Waals surface area (Å²) in [5.41, 5.74) is 2.38. The number of rotatable bonds is 6. The van der Waals surface area contributed by atoms with Crippen LogP contribution in [0.2, 0.25) is 0 Å². The number of halogens is 1. The van der Waals surface area contributed by atoms with E-state index in [-0.39, 0.29) is 24.1 Å². The second kappa shape index (κ2) is 9.39. The molecule has 0 aliphatic carbocycles. The zero-order valence-electron chi connectivity index (χ0n) is 16.9. The average molecular weight is 413 g/mol. The molecule has 7 nitrogen and oxygen atoms in total. The lowest BCUT2D eigenvalue weighted by molar-refractivity contribution is -0.142. The molecule has 3 rings (SSSR count). The number of amides is 3. The first-order chi connectivity index (χ1) is 14.4. The van der Waals surface area contributed by atoms with Crippen LogP contribution in [-0.2, 0) is 20.7 Å². The smallest absolute Gasteiger partial charge is 0.319 e. The molecule has 1 saturated heterocycles. The van der Waals surface area contributed by atoms with Gasteiger partial charge in [-0.25, -0.2) is 9.18 Å².